The van der Waals surface area contributed by atoms with E-state index in [1.165, 1.54) is 0 Å². The van der Waals surface area contributed by atoms with Crippen LogP contribution in [0.15, 0.2) is 24.3 Å². The maximum atomic E-state index is 11.6. The number of amides is 1. The first-order valence-corrected chi connectivity index (χ1v) is 7.49. The molecule has 4 nitrogen and oxygen atoms in total. The Hall–Kier alpha value is -1.49. The van der Waals surface area contributed by atoms with Gasteiger partial charge in [-0.25, -0.2) is 4.79 Å². The molecule has 0 aliphatic heterocycles. The summed E-state index contributed by atoms with van der Waals surface area (Å²) in [6, 6.07) is 6.71. The van der Waals surface area contributed by atoms with E-state index in [4.69, 9.17) is 5.11 Å². The molecule has 0 unspecified atom stereocenters. The molecule has 0 saturated heterocycles. The zero-order valence-corrected chi connectivity index (χ0v) is 12.9. The van der Waals surface area contributed by atoms with E-state index in [1.807, 2.05) is 0 Å². The Balaban J connectivity index is 2.30. The van der Waals surface area contributed by atoms with Crippen molar-refractivity contribution >= 4 is 23.6 Å². The molecule has 0 spiro atoms. The first kappa shape index (κ1) is 16.6. The molecule has 2 N–H and O–H groups in total. The largest absolute Gasteiger partial charge is 0.478 e. The SMILES string of the molecule is CC(C)(C)SCC(=O)NCCc1ccc(C(=O)O)cc1. The molecule has 1 aromatic rings. The summed E-state index contributed by atoms with van der Waals surface area (Å²) >= 11 is 1.62. The maximum Gasteiger partial charge on any atom is 0.335 e. The van der Waals surface area contributed by atoms with Crippen molar-refractivity contribution in [1.29, 1.82) is 0 Å². The van der Waals surface area contributed by atoms with Crippen LogP contribution < -0.4 is 5.32 Å². The van der Waals surface area contributed by atoms with Crippen molar-refractivity contribution in [2.45, 2.75) is 31.9 Å². The van der Waals surface area contributed by atoms with Crippen LogP contribution in [-0.4, -0.2) is 34.0 Å². The van der Waals surface area contributed by atoms with E-state index in [0.717, 1.165) is 5.56 Å². The number of nitrogens with one attached hydrogen (secondary N) is 1. The number of carbonyl (C=O) groups excluding carboxylic acids is 1. The van der Waals surface area contributed by atoms with Gasteiger partial charge in [0, 0.05) is 11.3 Å². The van der Waals surface area contributed by atoms with Gasteiger partial charge in [0.15, 0.2) is 0 Å². The zero-order valence-electron chi connectivity index (χ0n) is 12.1. The zero-order chi connectivity index (χ0) is 15.2. The van der Waals surface area contributed by atoms with Crippen LogP contribution in [0.5, 0.6) is 0 Å². The number of thioether (sulfide) groups is 1. The van der Waals surface area contributed by atoms with Crippen molar-refractivity contribution in [2.24, 2.45) is 0 Å². The summed E-state index contributed by atoms with van der Waals surface area (Å²) in [5, 5.41) is 11.7. The molecule has 110 valence electrons. The predicted octanol–water partition coefficient (Wildman–Crippen LogP) is 2.58. The van der Waals surface area contributed by atoms with Gasteiger partial charge in [0.1, 0.15) is 0 Å². The molecule has 1 amide bonds. The van der Waals surface area contributed by atoms with Gasteiger partial charge in [0.25, 0.3) is 0 Å². The van der Waals surface area contributed by atoms with E-state index in [0.29, 0.717) is 18.7 Å². The van der Waals surface area contributed by atoms with Gasteiger partial charge in [0.05, 0.1) is 11.3 Å². The number of aromatic carboxylic acids is 1. The molecule has 0 atom stereocenters. The molecular weight excluding hydrogens is 274 g/mol. The minimum atomic E-state index is -0.927. The molecule has 0 saturated carbocycles. The van der Waals surface area contributed by atoms with E-state index in [9.17, 15) is 9.59 Å². The number of hydrogen-bond donors (Lipinski definition) is 2. The number of hydrogen-bond acceptors (Lipinski definition) is 3. The highest BCUT2D eigenvalue weighted by Crippen LogP contribution is 2.22. The van der Waals surface area contributed by atoms with Crippen molar-refractivity contribution in [2.75, 3.05) is 12.3 Å². The quantitative estimate of drug-likeness (QED) is 0.846. The molecule has 5 heteroatoms. The second kappa shape index (κ2) is 7.33. The van der Waals surface area contributed by atoms with Crippen LogP contribution >= 0.6 is 11.8 Å². The van der Waals surface area contributed by atoms with Gasteiger partial charge in [-0.2, -0.15) is 0 Å². The smallest absolute Gasteiger partial charge is 0.335 e. The van der Waals surface area contributed by atoms with Crippen molar-refractivity contribution in [3.63, 3.8) is 0 Å². The lowest BCUT2D eigenvalue weighted by Gasteiger charge is -2.16. The van der Waals surface area contributed by atoms with Gasteiger partial charge < -0.3 is 10.4 Å². The van der Waals surface area contributed by atoms with Crippen molar-refractivity contribution in [1.82, 2.24) is 5.32 Å². The van der Waals surface area contributed by atoms with Gasteiger partial charge in [-0.15, -0.1) is 11.8 Å². The summed E-state index contributed by atoms with van der Waals surface area (Å²) in [6.45, 7) is 6.80. The van der Waals surface area contributed by atoms with Crippen LogP contribution in [0, 0.1) is 0 Å². The summed E-state index contributed by atoms with van der Waals surface area (Å²) in [7, 11) is 0. The average Bonchev–Trinajstić information content (AvgIpc) is 2.36. The van der Waals surface area contributed by atoms with Crippen molar-refractivity contribution in [3.8, 4) is 0 Å². The molecule has 0 aromatic heterocycles. The standard InChI is InChI=1S/C15H21NO3S/c1-15(2,3)20-10-13(17)16-9-8-11-4-6-12(7-5-11)14(18)19/h4-7H,8-10H2,1-3H3,(H,16,17)(H,18,19). The minimum absolute atomic E-state index is 0.0343. The number of carbonyl (C=O) groups is 2. The fourth-order valence-corrected chi connectivity index (χ4v) is 2.16. The van der Waals surface area contributed by atoms with E-state index in [1.54, 1.807) is 36.0 Å². The van der Waals surface area contributed by atoms with Gasteiger partial charge in [-0.05, 0) is 24.1 Å². The van der Waals surface area contributed by atoms with Gasteiger partial charge in [-0.1, -0.05) is 32.9 Å². The highest BCUT2D eigenvalue weighted by Gasteiger charge is 2.12. The highest BCUT2D eigenvalue weighted by molar-refractivity contribution is 8.01. The molecule has 1 rings (SSSR count). The van der Waals surface area contributed by atoms with Gasteiger partial charge >= 0.3 is 5.97 Å². The lowest BCUT2D eigenvalue weighted by atomic mass is 10.1. The highest BCUT2D eigenvalue weighted by atomic mass is 32.2. The van der Waals surface area contributed by atoms with Crippen LogP contribution in [0.3, 0.4) is 0 Å². The van der Waals surface area contributed by atoms with E-state index < -0.39 is 5.97 Å². The second-order valence-electron chi connectivity index (χ2n) is 5.50. The van der Waals surface area contributed by atoms with Crippen LogP contribution in [0.4, 0.5) is 0 Å². The molecule has 1 aromatic carbocycles. The third kappa shape index (κ3) is 6.61. The Morgan fingerprint density at radius 3 is 2.30 bits per heavy atom. The van der Waals surface area contributed by atoms with E-state index >= 15 is 0 Å². The fourth-order valence-electron chi connectivity index (χ4n) is 1.49. The Bertz CT molecular complexity index is 463. The number of carboxylic acids is 1. The van der Waals surface area contributed by atoms with E-state index in [2.05, 4.69) is 26.1 Å². The third-order valence-electron chi connectivity index (χ3n) is 2.57. The monoisotopic (exact) mass is 295 g/mol. The number of benzene rings is 1. The Labute approximate surface area is 124 Å². The Morgan fingerprint density at radius 1 is 1.20 bits per heavy atom. The van der Waals surface area contributed by atoms with Crippen LogP contribution in [0.2, 0.25) is 0 Å². The third-order valence-corrected chi connectivity index (χ3v) is 3.85. The first-order chi connectivity index (χ1) is 9.28. The van der Waals surface area contributed by atoms with Crippen LogP contribution in [-0.2, 0) is 11.2 Å². The van der Waals surface area contributed by atoms with Crippen LogP contribution in [0.25, 0.3) is 0 Å². The number of carboxylic acid groups (broad SMARTS) is 1. The van der Waals surface area contributed by atoms with Crippen LogP contribution in [0.1, 0.15) is 36.7 Å². The van der Waals surface area contributed by atoms with Gasteiger partial charge in [-0.3, -0.25) is 4.79 Å². The van der Waals surface area contributed by atoms with Crippen molar-refractivity contribution < 1.29 is 14.7 Å². The van der Waals surface area contributed by atoms with Crippen molar-refractivity contribution in [3.05, 3.63) is 35.4 Å². The minimum Gasteiger partial charge on any atom is -0.478 e. The molecule has 0 aliphatic carbocycles. The molecule has 20 heavy (non-hydrogen) atoms. The molecule has 0 aliphatic rings. The fraction of sp³-hybridized carbons (Fsp3) is 0.467. The lowest BCUT2D eigenvalue weighted by molar-refractivity contribution is -0.118. The average molecular weight is 295 g/mol. The molecular formula is C15H21NO3S. The number of rotatable bonds is 6. The summed E-state index contributed by atoms with van der Waals surface area (Å²) < 4.78 is 0.0873. The lowest BCUT2D eigenvalue weighted by Crippen LogP contribution is -2.28. The molecule has 0 fully saturated rings. The molecule has 0 bridgehead atoms. The second-order valence-corrected chi connectivity index (χ2v) is 7.31. The normalized spacial score (nSPS) is 11.2. The summed E-state index contributed by atoms with van der Waals surface area (Å²) in [5.41, 5.74) is 1.29. The Kier molecular flexibility index (Phi) is 6.07. The summed E-state index contributed by atoms with van der Waals surface area (Å²) in [6.07, 6.45) is 0.700. The molecule has 0 radical (unpaired) electrons. The van der Waals surface area contributed by atoms with Gasteiger partial charge in [0.2, 0.25) is 5.91 Å². The molecule has 0 heterocycles. The summed E-state index contributed by atoms with van der Waals surface area (Å²) in [5.74, 6) is -0.433. The Morgan fingerprint density at radius 2 is 1.80 bits per heavy atom. The summed E-state index contributed by atoms with van der Waals surface area (Å²) in [4.78, 5) is 22.3. The maximum absolute atomic E-state index is 11.6. The predicted molar refractivity (Wildman–Crippen MR) is 82.3 cm³/mol. The topological polar surface area (TPSA) is 66.4 Å². The van der Waals surface area contributed by atoms with E-state index in [-0.39, 0.29) is 16.2 Å². The first-order valence-electron chi connectivity index (χ1n) is 6.51.